The van der Waals surface area contributed by atoms with E-state index in [9.17, 15) is 4.79 Å². The molecule has 0 saturated heterocycles. The first-order valence-electron chi connectivity index (χ1n) is 7.72. The number of allylic oxidation sites excluding steroid dienone is 10. The monoisotopic (exact) mass is 284 g/mol. The Morgan fingerprint density at radius 3 is 2.48 bits per heavy atom. The summed E-state index contributed by atoms with van der Waals surface area (Å²) >= 11 is 0. The molecule has 1 aliphatic rings. The Morgan fingerprint density at radius 1 is 1.14 bits per heavy atom. The number of hydrogen-bond acceptors (Lipinski definition) is 1. The molecule has 0 radical (unpaired) electrons. The van der Waals surface area contributed by atoms with E-state index in [-0.39, 0.29) is 5.41 Å². The molecule has 0 N–H and O–H groups in total. The summed E-state index contributed by atoms with van der Waals surface area (Å²) in [5.41, 5.74) is 5.67. The van der Waals surface area contributed by atoms with E-state index in [4.69, 9.17) is 0 Å². The highest BCUT2D eigenvalue weighted by molar-refractivity contribution is 5.65. The molecule has 0 bridgehead atoms. The molecule has 1 rings (SSSR count). The molecule has 114 valence electrons. The Labute approximate surface area is 129 Å². The van der Waals surface area contributed by atoms with Crippen molar-refractivity contribution in [2.24, 2.45) is 5.41 Å². The standard InChI is InChI=1S/C20H28O/c1-16(9-6-7-14-21)15-17(2)11-12-19-18(3)10-8-13-20(19,4)5/h6-7,9,11-12,14-15H,8,10,13H2,1-5H3/b7-6+,12-11+,16-9+,17-15+. The minimum atomic E-state index is 0.288. The second-order valence-corrected chi connectivity index (χ2v) is 6.58. The van der Waals surface area contributed by atoms with Crippen LogP contribution in [0.2, 0.25) is 0 Å². The summed E-state index contributed by atoms with van der Waals surface area (Å²) < 4.78 is 0. The smallest absolute Gasteiger partial charge is 0.142 e. The molecule has 0 fully saturated rings. The van der Waals surface area contributed by atoms with Gasteiger partial charge in [-0.15, -0.1) is 0 Å². The van der Waals surface area contributed by atoms with E-state index < -0.39 is 0 Å². The van der Waals surface area contributed by atoms with Gasteiger partial charge in [-0.25, -0.2) is 0 Å². The van der Waals surface area contributed by atoms with Gasteiger partial charge in [0.2, 0.25) is 0 Å². The van der Waals surface area contributed by atoms with Gasteiger partial charge in [0.15, 0.2) is 0 Å². The fourth-order valence-corrected chi connectivity index (χ4v) is 2.93. The molecule has 0 aromatic carbocycles. The van der Waals surface area contributed by atoms with Crippen LogP contribution in [0.1, 0.15) is 53.9 Å². The van der Waals surface area contributed by atoms with Crippen molar-refractivity contribution in [1.29, 1.82) is 0 Å². The highest BCUT2D eigenvalue weighted by atomic mass is 16.1. The Balaban J connectivity index is 2.86. The Bertz CT molecular complexity index is 522. The molecule has 21 heavy (non-hydrogen) atoms. The molecular formula is C20H28O. The predicted molar refractivity (Wildman–Crippen MR) is 92.2 cm³/mol. The molecule has 0 aliphatic heterocycles. The number of carbonyl (C=O) groups excluding carboxylic acids is 1. The highest BCUT2D eigenvalue weighted by Crippen LogP contribution is 2.40. The van der Waals surface area contributed by atoms with Gasteiger partial charge in [-0.05, 0) is 57.1 Å². The van der Waals surface area contributed by atoms with E-state index in [0.29, 0.717) is 0 Å². The molecule has 0 heterocycles. The van der Waals surface area contributed by atoms with Crippen molar-refractivity contribution in [3.8, 4) is 0 Å². The van der Waals surface area contributed by atoms with Crippen LogP contribution in [0.15, 0.2) is 58.7 Å². The Kier molecular flexibility index (Phi) is 6.61. The van der Waals surface area contributed by atoms with Crippen LogP contribution in [0.25, 0.3) is 0 Å². The summed E-state index contributed by atoms with van der Waals surface area (Å²) in [6.07, 6.45) is 16.4. The average Bonchev–Trinajstić information content (AvgIpc) is 2.37. The van der Waals surface area contributed by atoms with Gasteiger partial charge in [0, 0.05) is 0 Å². The van der Waals surface area contributed by atoms with Crippen molar-refractivity contribution < 1.29 is 4.79 Å². The number of aldehydes is 1. The largest absolute Gasteiger partial charge is 0.299 e. The predicted octanol–water partition coefficient (Wildman–Crippen LogP) is 5.72. The van der Waals surface area contributed by atoms with Crippen molar-refractivity contribution in [2.75, 3.05) is 0 Å². The van der Waals surface area contributed by atoms with Crippen molar-refractivity contribution in [1.82, 2.24) is 0 Å². The summed E-state index contributed by atoms with van der Waals surface area (Å²) in [7, 11) is 0. The SMILES string of the molecule is CC1=C(/C=C/C(C)=C/C(C)=C/C=C/C=O)C(C)(C)CCC1. The lowest BCUT2D eigenvalue weighted by molar-refractivity contribution is -0.104. The Morgan fingerprint density at radius 2 is 1.86 bits per heavy atom. The molecular weight excluding hydrogens is 256 g/mol. The van der Waals surface area contributed by atoms with Crippen LogP contribution < -0.4 is 0 Å². The zero-order valence-electron chi connectivity index (χ0n) is 14.1. The van der Waals surface area contributed by atoms with E-state index in [1.165, 1.54) is 42.1 Å². The fraction of sp³-hybridized carbons (Fsp3) is 0.450. The summed E-state index contributed by atoms with van der Waals surface area (Å²) in [6.45, 7) is 11.1. The third-order valence-electron chi connectivity index (χ3n) is 4.06. The highest BCUT2D eigenvalue weighted by Gasteiger charge is 2.26. The van der Waals surface area contributed by atoms with Gasteiger partial charge in [0.05, 0.1) is 0 Å². The van der Waals surface area contributed by atoms with Gasteiger partial charge in [-0.1, -0.05) is 60.9 Å². The summed E-state index contributed by atoms with van der Waals surface area (Å²) in [4.78, 5) is 10.2. The zero-order chi connectivity index (χ0) is 15.9. The normalized spacial score (nSPS) is 20.6. The van der Waals surface area contributed by atoms with Crippen LogP contribution in [-0.4, -0.2) is 6.29 Å². The molecule has 0 atom stereocenters. The van der Waals surface area contributed by atoms with Crippen molar-refractivity contribution >= 4 is 6.29 Å². The molecule has 0 aromatic rings. The number of hydrogen-bond donors (Lipinski definition) is 0. The van der Waals surface area contributed by atoms with Crippen molar-refractivity contribution in [2.45, 2.75) is 53.9 Å². The zero-order valence-corrected chi connectivity index (χ0v) is 14.1. The lowest BCUT2D eigenvalue weighted by Gasteiger charge is -2.32. The molecule has 0 aromatic heterocycles. The van der Waals surface area contributed by atoms with Gasteiger partial charge in [-0.2, -0.15) is 0 Å². The van der Waals surface area contributed by atoms with Crippen LogP contribution in [0.3, 0.4) is 0 Å². The first kappa shape index (κ1) is 17.4. The van der Waals surface area contributed by atoms with Gasteiger partial charge < -0.3 is 0 Å². The molecule has 0 unspecified atom stereocenters. The Hall–Kier alpha value is -1.63. The van der Waals surface area contributed by atoms with Gasteiger partial charge in [0.1, 0.15) is 6.29 Å². The molecule has 0 saturated carbocycles. The van der Waals surface area contributed by atoms with E-state index in [2.05, 4.69) is 45.9 Å². The minimum Gasteiger partial charge on any atom is -0.299 e. The second-order valence-electron chi connectivity index (χ2n) is 6.58. The van der Waals surface area contributed by atoms with Gasteiger partial charge in [-0.3, -0.25) is 4.79 Å². The first-order chi connectivity index (χ1) is 9.86. The molecule has 1 nitrogen and oxygen atoms in total. The molecule has 1 heteroatoms. The first-order valence-corrected chi connectivity index (χ1v) is 7.72. The van der Waals surface area contributed by atoms with Gasteiger partial charge >= 0.3 is 0 Å². The van der Waals surface area contributed by atoms with Gasteiger partial charge in [0.25, 0.3) is 0 Å². The molecule has 0 spiro atoms. The lowest BCUT2D eigenvalue weighted by atomic mass is 9.72. The summed E-state index contributed by atoms with van der Waals surface area (Å²) in [6, 6.07) is 0. The maximum atomic E-state index is 10.2. The van der Waals surface area contributed by atoms with E-state index in [0.717, 1.165) is 11.9 Å². The maximum absolute atomic E-state index is 10.2. The second kappa shape index (κ2) is 7.97. The van der Waals surface area contributed by atoms with Crippen molar-refractivity contribution in [3.05, 3.63) is 58.7 Å². The maximum Gasteiger partial charge on any atom is 0.142 e. The van der Waals surface area contributed by atoms with Crippen LogP contribution in [0.4, 0.5) is 0 Å². The van der Waals surface area contributed by atoms with E-state index >= 15 is 0 Å². The third-order valence-corrected chi connectivity index (χ3v) is 4.06. The molecule has 1 aliphatic carbocycles. The van der Waals surface area contributed by atoms with Crippen LogP contribution in [0.5, 0.6) is 0 Å². The fourth-order valence-electron chi connectivity index (χ4n) is 2.93. The average molecular weight is 284 g/mol. The topological polar surface area (TPSA) is 17.1 Å². The third kappa shape index (κ3) is 5.71. The number of carbonyl (C=O) groups is 1. The van der Waals surface area contributed by atoms with Crippen LogP contribution >= 0.6 is 0 Å². The van der Waals surface area contributed by atoms with Crippen molar-refractivity contribution in [3.63, 3.8) is 0 Å². The van der Waals surface area contributed by atoms with Crippen LogP contribution in [0, 0.1) is 5.41 Å². The summed E-state index contributed by atoms with van der Waals surface area (Å²) in [5.74, 6) is 0. The quantitative estimate of drug-likeness (QED) is 0.358. The lowest BCUT2D eigenvalue weighted by Crippen LogP contribution is -2.19. The number of rotatable bonds is 5. The molecule has 0 amide bonds. The van der Waals surface area contributed by atoms with E-state index in [1.54, 1.807) is 6.08 Å². The summed E-state index contributed by atoms with van der Waals surface area (Å²) in [5, 5.41) is 0. The van der Waals surface area contributed by atoms with E-state index in [1.807, 2.05) is 13.0 Å². The minimum absolute atomic E-state index is 0.288. The van der Waals surface area contributed by atoms with Crippen LogP contribution in [-0.2, 0) is 4.79 Å².